The molecule has 1 aromatic rings. The van der Waals surface area contributed by atoms with Crippen molar-refractivity contribution in [2.75, 3.05) is 0 Å². The molecule has 4 rings (SSSR count). The zero-order valence-electron chi connectivity index (χ0n) is 18.7. The molecule has 0 amide bonds. The number of fused-ring (bicyclic) bond motifs is 2. The fourth-order valence-electron chi connectivity index (χ4n) is 7.00. The SMILES string of the molecule is CCCCCCCC1CCC2CC(C3CCc4cc(C#N)ccc4C3)CCC2C1. The van der Waals surface area contributed by atoms with Crippen LogP contribution in [0.2, 0.25) is 0 Å². The number of benzene rings is 1. The highest BCUT2D eigenvalue weighted by molar-refractivity contribution is 5.39. The van der Waals surface area contributed by atoms with Crippen LogP contribution >= 0.6 is 0 Å². The van der Waals surface area contributed by atoms with Crippen molar-refractivity contribution in [2.45, 2.75) is 103 Å². The van der Waals surface area contributed by atoms with Crippen molar-refractivity contribution >= 4 is 0 Å². The molecule has 158 valence electrons. The van der Waals surface area contributed by atoms with E-state index in [1.165, 1.54) is 101 Å². The van der Waals surface area contributed by atoms with Gasteiger partial charge in [-0.25, -0.2) is 0 Å². The van der Waals surface area contributed by atoms with Crippen molar-refractivity contribution in [3.63, 3.8) is 0 Å². The van der Waals surface area contributed by atoms with Crippen LogP contribution in [0.5, 0.6) is 0 Å². The summed E-state index contributed by atoms with van der Waals surface area (Å²) in [6.07, 6.45) is 21.7. The lowest BCUT2D eigenvalue weighted by molar-refractivity contribution is 0.0690. The van der Waals surface area contributed by atoms with Crippen LogP contribution in [0, 0.1) is 40.9 Å². The summed E-state index contributed by atoms with van der Waals surface area (Å²) in [6.45, 7) is 2.31. The van der Waals surface area contributed by atoms with Crippen LogP contribution in [0.15, 0.2) is 18.2 Å². The second-order valence-corrected chi connectivity index (χ2v) is 10.6. The third kappa shape index (κ3) is 5.25. The van der Waals surface area contributed by atoms with Crippen LogP contribution in [-0.2, 0) is 12.8 Å². The zero-order chi connectivity index (χ0) is 20.1. The van der Waals surface area contributed by atoms with E-state index < -0.39 is 0 Å². The first-order chi connectivity index (χ1) is 14.3. The van der Waals surface area contributed by atoms with Crippen LogP contribution in [-0.4, -0.2) is 0 Å². The average Bonchev–Trinajstić information content (AvgIpc) is 2.77. The van der Waals surface area contributed by atoms with Gasteiger partial charge in [-0.2, -0.15) is 5.26 Å². The molecule has 0 aliphatic heterocycles. The van der Waals surface area contributed by atoms with Gasteiger partial charge in [0.15, 0.2) is 0 Å². The Bertz CT molecular complexity index is 699. The van der Waals surface area contributed by atoms with Crippen molar-refractivity contribution < 1.29 is 0 Å². The molecular formula is C28H41N. The minimum absolute atomic E-state index is 0.838. The summed E-state index contributed by atoms with van der Waals surface area (Å²) in [7, 11) is 0. The normalized spacial score (nSPS) is 31.5. The van der Waals surface area contributed by atoms with E-state index in [1.807, 2.05) is 6.07 Å². The van der Waals surface area contributed by atoms with Gasteiger partial charge >= 0.3 is 0 Å². The summed E-state index contributed by atoms with van der Waals surface area (Å²) in [5.41, 5.74) is 3.83. The molecule has 0 saturated heterocycles. The smallest absolute Gasteiger partial charge is 0.0991 e. The molecule has 3 aliphatic rings. The van der Waals surface area contributed by atoms with Gasteiger partial charge in [0.25, 0.3) is 0 Å². The molecule has 0 radical (unpaired) electrons. The molecular weight excluding hydrogens is 350 g/mol. The summed E-state index contributed by atoms with van der Waals surface area (Å²) in [5.74, 6) is 4.99. The number of unbranched alkanes of at least 4 members (excludes halogenated alkanes) is 4. The Labute approximate surface area is 179 Å². The van der Waals surface area contributed by atoms with Crippen molar-refractivity contribution in [3.05, 3.63) is 34.9 Å². The molecule has 29 heavy (non-hydrogen) atoms. The first-order valence-electron chi connectivity index (χ1n) is 12.8. The van der Waals surface area contributed by atoms with E-state index in [1.54, 1.807) is 6.42 Å². The topological polar surface area (TPSA) is 23.8 Å². The standard InChI is InChI=1S/C28H41N/c1-2-3-4-5-6-7-21-8-10-25-18-27(14-12-23(25)16-21)28-15-13-24-17-22(20-29)9-11-26(24)19-28/h9,11,17,21,23,25,27-28H,2-8,10,12-16,18-19H2,1H3. The maximum Gasteiger partial charge on any atom is 0.0991 e. The Morgan fingerprint density at radius 2 is 1.59 bits per heavy atom. The molecule has 5 unspecified atom stereocenters. The van der Waals surface area contributed by atoms with E-state index in [9.17, 15) is 0 Å². The number of aryl methyl sites for hydroxylation is 1. The molecule has 1 aromatic carbocycles. The van der Waals surface area contributed by atoms with Crippen LogP contribution in [0.4, 0.5) is 0 Å². The Hall–Kier alpha value is -1.29. The summed E-state index contributed by atoms with van der Waals surface area (Å²) < 4.78 is 0. The third-order valence-corrected chi connectivity index (χ3v) is 8.75. The molecule has 5 atom stereocenters. The number of nitrogens with zero attached hydrogens (tertiary/aromatic N) is 1. The highest BCUT2D eigenvalue weighted by Crippen LogP contribution is 2.49. The maximum atomic E-state index is 9.16. The van der Waals surface area contributed by atoms with E-state index in [4.69, 9.17) is 5.26 Å². The van der Waals surface area contributed by atoms with Crippen molar-refractivity contribution in [2.24, 2.45) is 29.6 Å². The van der Waals surface area contributed by atoms with Gasteiger partial charge < -0.3 is 0 Å². The number of hydrogen-bond acceptors (Lipinski definition) is 1. The molecule has 1 heteroatoms. The summed E-state index contributed by atoms with van der Waals surface area (Å²) >= 11 is 0. The minimum atomic E-state index is 0.838. The average molecular weight is 392 g/mol. The fourth-order valence-corrected chi connectivity index (χ4v) is 7.00. The monoisotopic (exact) mass is 391 g/mol. The van der Waals surface area contributed by atoms with E-state index in [0.717, 1.165) is 35.2 Å². The molecule has 2 saturated carbocycles. The lowest BCUT2D eigenvalue weighted by Crippen LogP contribution is -2.35. The Kier molecular flexibility index (Phi) is 7.34. The van der Waals surface area contributed by atoms with Gasteiger partial charge in [-0.1, -0.05) is 57.9 Å². The quantitative estimate of drug-likeness (QED) is 0.434. The summed E-state index contributed by atoms with van der Waals surface area (Å²) in [6, 6.07) is 8.73. The fraction of sp³-hybridized carbons (Fsp3) is 0.750. The largest absolute Gasteiger partial charge is 0.192 e. The molecule has 1 nitrogen and oxygen atoms in total. The van der Waals surface area contributed by atoms with Gasteiger partial charge in [-0.3, -0.25) is 0 Å². The molecule has 0 heterocycles. The molecule has 0 spiro atoms. The first-order valence-corrected chi connectivity index (χ1v) is 12.8. The Morgan fingerprint density at radius 3 is 2.41 bits per heavy atom. The molecule has 0 N–H and O–H groups in total. The Balaban J connectivity index is 1.24. The highest BCUT2D eigenvalue weighted by Gasteiger charge is 2.38. The molecule has 3 aliphatic carbocycles. The zero-order valence-corrected chi connectivity index (χ0v) is 18.7. The van der Waals surface area contributed by atoms with Crippen molar-refractivity contribution in [1.29, 1.82) is 5.26 Å². The number of rotatable bonds is 7. The predicted octanol–water partition coefficient (Wildman–Crippen LogP) is 7.86. The van der Waals surface area contributed by atoms with Crippen molar-refractivity contribution in [1.82, 2.24) is 0 Å². The second-order valence-electron chi connectivity index (χ2n) is 10.6. The second kappa shape index (κ2) is 10.1. The summed E-state index contributed by atoms with van der Waals surface area (Å²) in [4.78, 5) is 0. The Morgan fingerprint density at radius 1 is 0.828 bits per heavy atom. The van der Waals surface area contributed by atoms with Crippen molar-refractivity contribution in [3.8, 4) is 6.07 Å². The van der Waals surface area contributed by atoms with E-state index in [0.29, 0.717) is 0 Å². The van der Waals surface area contributed by atoms with Crippen LogP contribution in [0.3, 0.4) is 0 Å². The van der Waals surface area contributed by atoms with E-state index >= 15 is 0 Å². The van der Waals surface area contributed by atoms with Crippen LogP contribution in [0.1, 0.15) is 107 Å². The number of nitriles is 1. The molecule has 0 bridgehead atoms. The molecule has 0 aromatic heterocycles. The predicted molar refractivity (Wildman–Crippen MR) is 122 cm³/mol. The summed E-state index contributed by atoms with van der Waals surface area (Å²) in [5, 5.41) is 9.16. The van der Waals surface area contributed by atoms with E-state index in [-0.39, 0.29) is 0 Å². The van der Waals surface area contributed by atoms with Crippen LogP contribution < -0.4 is 0 Å². The molecule has 2 fully saturated rings. The van der Waals surface area contributed by atoms with Gasteiger partial charge in [-0.15, -0.1) is 0 Å². The van der Waals surface area contributed by atoms with Crippen LogP contribution in [0.25, 0.3) is 0 Å². The first kappa shape index (κ1) is 21.0. The highest BCUT2D eigenvalue weighted by atomic mass is 14.4. The van der Waals surface area contributed by atoms with Gasteiger partial charge in [0, 0.05) is 0 Å². The minimum Gasteiger partial charge on any atom is -0.192 e. The lowest BCUT2D eigenvalue weighted by atomic mass is 9.61. The van der Waals surface area contributed by atoms with Gasteiger partial charge in [-0.05, 0) is 104 Å². The van der Waals surface area contributed by atoms with Gasteiger partial charge in [0.05, 0.1) is 11.6 Å². The van der Waals surface area contributed by atoms with E-state index in [2.05, 4.69) is 25.1 Å². The van der Waals surface area contributed by atoms with Gasteiger partial charge in [0.1, 0.15) is 0 Å². The lowest BCUT2D eigenvalue weighted by Gasteiger charge is -2.45. The van der Waals surface area contributed by atoms with Gasteiger partial charge in [0.2, 0.25) is 0 Å². The number of hydrogen-bond donors (Lipinski definition) is 0. The third-order valence-electron chi connectivity index (χ3n) is 8.75. The maximum absolute atomic E-state index is 9.16.